The van der Waals surface area contributed by atoms with Crippen LogP contribution in [0, 0.1) is 5.82 Å². The van der Waals surface area contributed by atoms with E-state index in [0.29, 0.717) is 16.3 Å². The van der Waals surface area contributed by atoms with Crippen LogP contribution in [0.2, 0.25) is 5.02 Å². The summed E-state index contributed by atoms with van der Waals surface area (Å²) in [7, 11) is 0. The van der Waals surface area contributed by atoms with Gasteiger partial charge in [0.15, 0.2) is 5.13 Å². The van der Waals surface area contributed by atoms with Gasteiger partial charge in [0.2, 0.25) is 5.82 Å². The lowest BCUT2D eigenvalue weighted by molar-refractivity contribution is -0.114. The molecule has 9 nitrogen and oxygen atoms in total. The van der Waals surface area contributed by atoms with Crippen LogP contribution in [-0.4, -0.2) is 26.8 Å². The Balaban J connectivity index is 1.68. The average molecular weight is 485 g/mol. The van der Waals surface area contributed by atoms with E-state index in [9.17, 15) is 14.0 Å². The number of benzene rings is 2. The van der Waals surface area contributed by atoms with E-state index < -0.39 is 17.5 Å². The predicted molar refractivity (Wildman–Crippen MR) is 122 cm³/mol. The topological polar surface area (TPSA) is 141 Å². The summed E-state index contributed by atoms with van der Waals surface area (Å²) in [6.07, 6.45) is 0. The maximum absolute atomic E-state index is 13.4. The van der Waals surface area contributed by atoms with E-state index in [1.165, 1.54) is 29.2 Å². The number of thiazole rings is 1. The largest absolute Gasteiger partial charge is 0.382 e. The van der Waals surface area contributed by atoms with E-state index in [-0.39, 0.29) is 33.2 Å². The number of anilines is 3. The second kappa shape index (κ2) is 8.81. The Hall–Kier alpha value is -4.09. The fourth-order valence-electron chi connectivity index (χ4n) is 2.79. The van der Waals surface area contributed by atoms with Crippen molar-refractivity contribution in [2.45, 2.75) is 0 Å². The fourth-order valence-corrected chi connectivity index (χ4v) is 3.88. The van der Waals surface area contributed by atoms with Crippen LogP contribution in [-0.2, 0) is 4.79 Å². The van der Waals surface area contributed by atoms with Crippen LogP contribution in [0.5, 0.6) is 0 Å². The summed E-state index contributed by atoms with van der Waals surface area (Å²) in [5.41, 5.74) is 12.1. The first-order valence-electron chi connectivity index (χ1n) is 9.19. The molecule has 0 aliphatic heterocycles. The van der Waals surface area contributed by atoms with E-state index in [2.05, 4.69) is 21.7 Å². The van der Waals surface area contributed by atoms with E-state index >= 15 is 0 Å². The minimum absolute atomic E-state index is 0.000637. The zero-order valence-electron chi connectivity index (χ0n) is 16.7. The van der Waals surface area contributed by atoms with Gasteiger partial charge in [0.25, 0.3) is 17.6 Å². The first-order chi connectivity index (χ1) is 15.7. The third-order valence-electron chi connectivity index (χ3n) is 4.40. The molecule has 4 aromatic rings. The van der Waals surface area contributed by atoms with Gasteiger partial charge in [0.1, 0.15) is 22.2 Å². The fraction of sp³-hybridized carbons (Fsp3) is 0. The number of ketones is 1. The normalized spacial score (nSPS) is 10.7. The molecule has 0 aliphatic rings. The van der Waals surface area contributed by atoms with Crippen molar-refractivity contribution in [3.63, 3.8) is 0 Å². The number of carbonyl (C=O) groups is 2. The van der Waals surface area contributed by atoms with Crippen LogP contribution in [0.25, 0.3) is 11.4 Å². The summed E-state index contributed by atoms with van der Waals surface area (Å²) in [5.74, 6) is -2.23. The van der Waals surface area contributed by atoms with Gasteiger partial charge in [-0.2, -0.15) is 4.98 Å². The molecule has 0 bridgehead atoms. The van der Waals surface area contributed by atoms with Gasteiger partial charge >= 0.3 is 0 Å². The molecule has 2 aromatic heterocycles. The van der Waals surface area contributed by atoms with Crippen LogP contribution in [0.15, 0.2) is 65.3 Å². The van der Waals surface area contributed by atoms with Crippen molar-refractivity contribution in [3.05, 3.63) is 82.4 Å². The molecule has 0 radical (unpaired) electrons. The van der Waals surface area contributed by atoms with Gasteiger partial charge in [-0.25, -0.2) is 9.37 Å². The van der Waals surface area contributed by atoms with Crippen molar-refractivity contribution >= 4 is 51.3 Å². The average Bonchev–Trinajstić information content (AvgIpc) is 3.42. The number of halogens is 2. The molecule has 0 aliphatic carbocycles. The van der Waals surface area contributed by atoms with E-state index in [1.807, 2.05) is 0 Å². The first kappa shape index (κ1) is 22.1. The minimum atomic E-state index is -0.842. The molecule has 2 aromatic carbocycles. The third-order valence-corrected chi connectivity index (χ3v) is 5.71. The molecular weight excluding hydrogens is 471 g/mol. The summed E-state index contributed by atoms with van der Waals surface area (Å²) in [6.45, 7) is 3.66. The third kappa shape index (κ3) is 4.45. The van der Waals surface area contributed by atoms with E-state index in [4.69, 9.17) is 27.6 Å². The zero-order valence-corrected chi connectivity index (χ0v) is 18.2. The first-order valence-corrected chi connectivity index (χ1v) is 10.4. The number of rotatable bonds is 7. The van der Waals surface area contributed by atoms with Gasteiger partial charge in [0, 0.05) is 16.3 Å². The molecule has 2 heterocycles. The highest BCUT2D eigenvalue weighted by atomic mass is 35.5. The number of hydrogen-bond donors (Lipinski definition) is 2. The molecule has 33 heavy (non-hydrogen) atoms. The number of aromatic nitrogens is 3. The van der Waals surface area contributed by atoms with Crippen molar-refractivity contribution < 1.29 is 18.5 Å². The summed E-state index contributed by atoms with van der Waals surface area (Å²) in [4.78, 5) is 34.3. The van der Waals surface area contributed by atoms with Crippen LogP contribution < -0.4 is 16.4 Å². The molecule has 12 heteroatoms. The SMILES string of the molecule is C=C(C(N)=O)N(c1ccc(F)cc1)c1nc(N)c(C(=O)c2nc(-c3ccc(Cl)cc3)no2)s1. The predicted octanol–water partition coefficient (Wildman–Crippen LogP) is 3.94. The minimum Gasteiger partial charge on any atom is -0.382 e. The zero-order chi connectivity index (χ0) is 23.7. The van der Waals surface area contributed by atoms with Gasteiger partial charge in [0.05, 0.1) is 0 Å². The molecule has 0 fully saturated rings. The number of carbonyl (C=O) groups excluding carboxylic acids is 2. The van der Waals surface area contributed by atoms with Gasteiger partial charge in [-0.3, -0.25) is 14.5 Å². The molecule has 166 valence electrons. The molecule has 0 saturated carbocycles. The quantitative estimate of drug-likeness (QED) is 0.297. The Morgan fingerprint density at radius 1 is 1.09 bits per heavy atom. The maximum atomic E-state index is 13.4. The molecular formula is C21H14ClFN6O3S. The summed E-state index contributed by atoms with van der Waals surface area (Å²) in [5, 5.41) is 4.46. The molecule has 0 unspecified atom stereocenters. The number of hydrogen-bond acceptors (Lipinski definition) is 9. The Labute approximate surface area is 195 Å². The van der Waals surface area contributed by atoms with Gasteiger partial charge in [-0.1, -0.05) is 34.7 Å². The maximum Gasteiger partial charge on any atom is 0.300 e. The molecule has 0 atom stereocenters. The monoisotopic (exact) mass is 484 g/mol. The van der Waals surface area contributed by atoms with Crippen molar-refractivity contribution in [3.8, 4) is 11.4 Å². The lowest BCUT2D eigenvalue weighted by atomic mass is 10.2. The van der Waals surface area contributed by atoms with Gasteiger partial charge in [-0.15, -0.1) is 0 Å². The number of nitrogens with zero attached hydrogens (tertiary/aromatic N) is 4. The standard InChI is InChI=1S/C21H14ClFN6O3S/c1-10(18(25)31)29(14-8-6-13(23)7-9-14)21-26-17(24)16(33-21)15(30)20-27-19(28-32-20)11-2-4-12(22)5-3-11/h2-9H,1,24H2,(H2,25,31). The Bertz CT molecular complexity index is 1370. The highest BCUT2D eigenvalue weighted by molar-refractivity contribution is 7.18. The van der Waals surface area contributed by atoms with E-state index in [1.54, 1.807) is 24.3 Å². The number of nitrogens with two attached hydrogens (primary N) is 2. The highest BCUT2D eigenvalue weighted by Crippen LogP contribution is 2.36. The van der Waals surface area contributed by atoms with Gasteiger partial charge < -0.3 is 16.0 Å². The Morgan fingerprint density at radius 3 is 2.39 bits per heavy atom. The van der Waals surface area contributed by atoms with Crippen molar-refractivity contribution in [2.24, 2.45) is 5.73 Å². The van der Waals surface area contributed by atoms with Crippen molar-refractivity contribution in [2.75, 3.05) is 10.6 Å². The number of amides is 1. The van der Waals surface area contributed by atoms with Gasteiger partial charge in [-0.05, 0) is 48.5 Å². The van der Waals surface area contributed by atoms with Crippen LogP contribution in [0.1, 0.15) is 15.6 Å². The second-order valence-electron chi connectivity index (χ2n) is 6.59. The van der Waals surface area contributed by atoms with Crippen LogP contribution >= 0.6 is 22.9 Å². The molecule has 0 spiro atoms. The Kier molecular flexibility index (Phi) is 5.90. The van der Waals surface area contributed by atoms with E-state index in [0.717, 1.165) is 11.3 Å². The Morgan fingerprint density at radius 2 is 1.76 bits per heavy atom. The summed E-state index contributed by atoms with van der Waals surface area (Å²) >= 11 is 6.73. The highest BCUT2D eigenvalue weighted by Gasteiger charge is 2.28. The van der Waals surface area contributed by atoms with Crippen molar-refractivity contribution in [1.29, 1.82) is 0 Å². The molecule has 0 saturated heterocycles. The smallest absolute Gasteiger partial charge is 0.300 e. The number of primary amides is 1. The van der Waals surface area contributed by atoms with Crippen LogP contribution in [0.4, 0.5) is 21.0 Å². The summed E-state index contributed by atoms with van der Waals surface area (Å²) in [6, 6.07) is 11.8. The molecule has 4 rings (SSSR count). The molecule has 1 amide bonds. The van der Waals surface area contributed by atoms with Crippen molar-refractivity contribution in [1.82, 2.24) is 15.1 Å². The second-order valence-corrected chi connectivity index (χ2v) is 8.01. The molecule has 4 N–H and O–H groups in total. The number of nitrogen functional groups attached to an aromatic ring is 1. The lowest BCUT2D eigenvalue weighted by Crippen LogP contribution is -2.27. The summed E-state index contributed by atoms with van der Waals surface area (Å²) < 4.78 is 18.5. The van der Waals surface area contributed by atoms with Crippen LogP contribution in [0.3, 0.4) is 0 Å². The lowest BCUT2D eigenvalue weighted by Gasteiger charge is -2.21.